The zero-order chi connectivity index (χ0) is 18.1. The fourth-order valence-corrected chi connectivity index (χ4v) is 3.11. The Balaban J connectivity index is 1.77. The number of carbonyl (C=O) groups excluding carboxylic acids is 1. The van der Waals surface area contributed by atoms with Crippen molar-refractivity contribution >= 4 is 28.6 Å². The van der Waals surface area contributed by atoms with Gasteiger partial charge in [-0.2, -0.15) is 0 Å². The molecule has 0 saturated carbocycles. The molecule has 1 amide bonds. The van der Waals surface area contributed by atoms with Gasteiger partial charge in [-0.1, -0.05) is 18.2 Å². The molecule has 1 aliphatic heterocycles. The van der Waals surface area contributed by atoms with Crippen LogP contribution in [0.3, 0.4) is 0 Å². The summed E-state index contributed by atoms with van der Waals surface area (Å²) in [5.41, 5.74) is 0.666. The molecule has 7 heteroatoms. The molecule has 4 rings (SSSR count). The molecule has 0 aliphatic carbocycles. The third kappa shape index (κ3) is 2.96. The zero-order valence-corrected chi connectivity index (χ0v) is 13.9. The molecule has 132 valence electrons. The van der Waals surface area contributed by atoms with Gasteiger partial charge in [-0.3, -0.25) is 4.79 Å². The van der Waals surface area contributed by atoms with E-state index in [0.717, 1.165) is 38.1 Å². The molecular weight excluding hydrogens is 338 g/mol. The van der Waals surface area contributed by atoms with Crippen molar-refractivity contribution in [2.24, 2.45) is 0 Å². The summed E-state index contributed by atoms with van der Waals surface area (Å²) in [7, 11) is 0. The highest BCUT2D eigenvalue weighted by Crippen LogP contribution is 2.28. The van der Waals surface area contributed by atoms with E-state index in [9.17, 15) is 13.6 Å². The lowest BCUT2D eigenvalue weighted by Crippen LogP contribution is -2.24. The van der Waals surface area contributed by atoms with Crippen LogP contribution in [0.15, 0.2) is 42.5 Å². The van der Waals surface area contributed by atoms with Crippen molar-refractivity contribution in [2.75, 3.05) is 23.3 Å². The van der Waals surface area contributed by atoms with Gasteiger partial charge in [-0.25, -0.2) is 18.7 Å². The highest BCUT2D eigenvalue weighted by molar-refractivity contribution is 6.05. The Morgan fingerprint density at radius 2 is 1.54 bits per heavy atom. The number of carbonyl (C=O) groups is 1. The Morgan fingerprint density at radius 1 is 0.923 bits per heavy atom. The van der Waals surface area contributed by atoms with Crippen LogP contribution in [-0.2, 0) is 0 Å². The summed E-state index contributed by atoms with van der Waals surface area (Å²) in [6.45, 7) is 1.59. The number of hydrogen-bond donors (Lipinski definition) is 1. The molecule has 1 fully saturated rings. The van der Waals surface area contributed by atoms with Gasteiger partial charge < -0.3 is 10.2 Å². The molecule has 0 spiro atoms. The molecule has 1 aromatic heterocycles. The molecule has 26 heavy (non-hydrogen) atoms. The molecule has 5 nitrogen and oxygen atoms in total. The van der Waals surface area contributed by atoms with E-state index in [1.165, 1.54) is 6.07 Å². The Morgan fingerprint density at radius 3 is 2.19 bits per heavy atom. The predicted molar refractivity (Wildman–Crippen MR) is 95.3 cm³/mol. The predicted octanol–water partition coefficient (Wildman–Crippen LogP) is 3.76. The average Bonchev–Trinajstić information content (AvgIpc) is 3.15. The van der Waals surface area contributed by atoms with Crippen molar-refractivity contribution < 1.29 is 13.6 Å². The summed E-state index contributed by atoms with van der Waals surface area (Å²) >= 11 is 0. The van der Waals surface area contributed by atoms with Crippen LogP contribution in [0.5, 0.6) is 0 Å². The summed E-state index contributed by atoms with van der Waals surface area (Å²) < 4.78 is 27.8. The minimum atomic E-state index is -0.918. The highest BCUT2D eigenvalue weighted by atomic mass is 19.1. The topological polar surface area (TPSA) is 58.1 Å². The third-order valence-electron chi connectivity index (χ3n) is 4.38. The van der Waals surface area contributed by atoms with Gasteiger partial charge in [-0.15, -0.1) is 0 Å². The van der Waals surface area contributed by atoms with Crippen molar-refractivity contribution in [3.63, 3.8) is 0 Å². The van der Waals surface area contributed by atoms with Crippen molar-refractivity contribution in [3.8, 4) is 0 Å². The fourth-order valence-electron chi connectivity index (χ4n) is 3.11. The van der Waals surface area contributed by atoms with E-state index in [1.54, 1.807) is 6.07 Å². The number of para-hydroxylation sites is 2. The summed E-state index contributed by atoms with van der Waals surface area (Å²) in [6, 6.07) is 10.6. The van der Waals surface area contributed by atoms with E-state index in [0.29, 0.717) is 16.9 Å². The molecule has 0 atom stereocenters. The van der Waals surface area contributed by atoms with E-state index < -0.39 is 23.1 Å². The van der Waals surface area contributed by atoms with Gasteiger partial charge in [0, 0.05) is 13.1 Å². The van der Waals surface area contributed by atoms with Crippen LogP contribution < -0.4 is 10.2 Å². The third-order valence-corrected chi connectivity index (χ3v) is 4.38. The quantitative estimate of drug-likeness (QED) is 0.778. The minimum Gasteiger partial charge on any atom is -0.354 e. The summed E-state index contributed by atoms with van der Waals surface area (Å²) in [4.78, 5) is 23.6. The maximum Gasteiger partial charge on any atom is 0.262 e. The first-order chi connectivity index (χ1) is 12.6. The molecular formula is C19H16F2N4O. The number of nitrogens with zero attached hydrogens (tertiary/aromatic N) is 3. The first-order valence-corrected chi connectivity index (χ1v) is 8.40. The van der Waals surface area contributed by atoms with Gasteiger partial charge >= 0.3 is 0 Å². The molecule has 0 unspecified atom stereocenters. The number of fused-ring (bicyclic) bond motifs is 1. The van der Waals surface area contributed by atoms with Crippen molar-refractivity contribution in [2.45, 2.75) is 12.8 Å². The number of nitrogens with one attached hydrogen (secondary N) is 1. The standard InChI is InChI=1S/C19H16F2N4O/c20-12-6-5-7-13(21)16(12)19(26)24-17-18(25-10-3-4-11-25)23-15-9-2-1-8-14(15)22-17/h1-2,5-9H,3-4,10-11H2,(H,22,24,26). The first kappa shape index (κ1) is 16.4. The second-order valence-electron chi connectivity index (χ2n) is 6.13. The van der Waals surface area contributed by atoms with Crippen LogP contribution in [0.4, 0.5) is 20.4 Å². The molecule has 3 aromatic rings. The molecule has 0 bridgehead atoms. The second-order valence-corrected chi connectivity index (χ2v) is 6.13. The van der Waals surface area contributed by atoms with Crippen molar-refractivity contribution in [1.82, 2.24) is 9.97 Å². The van der Waals surface area contributed by atoms with Gasteiger partial charge in [0.2, 0.25) is 0 Å². The number of aromatic nitrogens is 2. The number of rotatable bonds is 3. The number of halogens is 2. The molecule has 2 heterocycles. The Hall–Kier alpha value is -3.09. The van der Waals surface area contributed by atoms with Gasteiger partial charge in [0.25, 0.3) is 5.91 Å². The van der Waals surface area contributed by atoms with Crippen LogP contribution in [0.1, 0.15) is 23.2 Å². The number of anilines is 2. The minimum absolute atomic E-state index is 0.207. The largest absolute Gasteiger partial charge is 0.354 e. The normalized spacial score (nSPS) is 14.0. The maximum atomic E-state index is 13.9. The highest BCUT2D eigenvalue weighted by Gasteiger charge is 2.23. The smallest absolute Gasteiger partial charge is 0.262 e. The average molecular weight is 354 g/mol. The number of amides is 1. The van der Waals surface area contributed by atoms with Crippen LogP contribution in [0, 0.1) is 11.6 Å². The fraction of sp³-hybridized carbons (Fsp3) is 0.211. The maximum absolute atomic E-state index is 13.9. The van der Waals surface area contributed by atoms with E-state index >= 15 is 0 Å². The first-order valence-electron chi connectivity index (χ1n) is 8.40. The molecule has 1 saturated heterocycles. The lowest BCUT2D eigenvalue weighted by Gasteiger charge is -2.20. The zero-order valence-electron chi connectivity index (χ0n) is 13.9. The lowest BCUT2D eigenvalue weighted by molar-refractivity contribution is 0.101. The van der Waals surface area contributed by atoms with Crippen LogP contribution in [0.25, 0.3) is 11.0 Å². The van der Waals surface area contributed by atoms with Crippen molar-refractivity contribution in [3.05, 3.63) is 59.7 Å². The van der Waals surface area contributed by atoms with E-state index in [4.69, 9.17) is 0 Å². The molecule has 2 aromatic carbocycles. The lowest BCUT2D eigenvalue weighted by atomic mass is 10.2. The summed E-state index contributed by atoms with van der Waals surface area (Å²) in [5.74, 6) is -1.99. The second kappa shape index (κ2) is 6.67. The van der Waals surface area contributed by atoms with Crippen LogP contribution in [0.2, 0.25) is 0 Å². The molecule has 1 aliphatic rings. The van der Waals surface area contributed by atoms with Crippen molar-refractivity contribution in [1.29, 1.82) is 0 Å². The van der Waals surface area contributed by atoms with E-state index in [2.05, 4.69) is 15.3 Å². The van der Waals surface area contributed by atoms with E-state index in [-0.39, 0.29) is 5.82 Å². The van der Waals surface area contributed by atoms with Crippen LogP contribution in [-0.4, -0.2) is 29.0 Å². The summed E-state index contributed by atoms with van der Waals surface area (Å²) in [6.07, 6.45) is 2.04. The Kier molecular flexibility index (Phi) is 4.20. The SMILES string of the molecule is O=C(Nc1nc2ccccc2nc1N1CCCC1)c1c(F)cccc1F. The molecule has 0 radical (unpaired) electrons. The van der Waals surface area contributed by atoms with Gasteiger partial charge in [0.05, 0.1) is 11.0 Å². The van der Waals surface area contributed by atoms with Gasteiger partial charge in [0.15, 0.2) is 11.6 Å². The summed E-state index contributed by atoms with van der Waals surface area (Å²) in [5, 5.41) is 2.54. The Labute approximate surface area is 148 Å². The van der Waals surface area contributed by atoms with E-state index in [1.807, 2.05) is 23.1 Å². The van der Waals surface area contributed by atoms with Gasteiger partial charge in [-0.05, 0) is 37.1 Å². The van der Waals surface area contributed by atoms with Crippen LogP contribution >= 0.6 is 0 Å². The van der Waals surface area contributed by atoms with Gasteiger partial charge in [0.1, 0.15) is 17.2 Å². The Bertz CT molecular complexity index is 966. The number of hydrogen-bond acceptors (Lipinski definition) is 4. The number of benzene rings is 2. The molecule has 1 N–H and O–H groups in total. The monoisotopic (exact) mass is 354 g/mol.